The number of fused-ring (bicyclic) bond motifs is 1. The van der Waals surface area contributed by atoms with Crippen LogP contribution in [0, 0.1) is 23.2 Å². The van der Waals surface area contributed by atoms with Gasteiger partial charge in [-0.15, -0.1) is 0 Å². The molecule has 3 fully saturated rings. The lowest BCUT2D eigenvalue weighted by atomic mass is 9.57. The summed E-state index contributed by atoms with van der Waals surface area (Å²) in [5, 5.41) is 10.0. The zero-order valence-electron chi connectivity index (χ0n) is 9.21. The van der Waals surface area contributed by atoms with Gasteiger partial charge in [0.05, 0.1) is 6.10 Å². The SMILES string of the molecule is CC1CCCC23CC(O)C(CCC12)C3. The van der Waals surface area contributed by atoms with Crippen LogP contribution in [0.1, 0.15) is 51.9 Å². The highest BCUT2D eigenvalue weighted by molar-refractivity contribution is 5.04. The van der Waals surface area contributed by atoms with Gasteiger partial charge in [0, 0.05) is 0 Å². The topological polar surface area (TPSA) is 20.2 Å². The lowest BCUT2D eigenvalue weighted by Gasteiger charge is -2.48. The van der Waals surface area contributed by atoms with E-state index in [0.29, 0.717) is 11.3 Å². The first-order chi connectivity index (χ1) is 6.71. The summed E-state index contributed by atoms with van der Waals surface area (Å²) in [7, 11) is 0. The molecule has 0 heterocycles. The van der Waals surface area contributed by atoms with E-state index < -0.39 is 0 Å². The van der Waals surface area contributed by atoms with Crippen molar-refractivity contribution in [2.45, 2.75) is 58.0 Å². The van der Waals surface area contributed by atoms with Crippen molar-refractivity contribution in [2.75, 3.05) is 0 Å². The average Bonchev–Trinajstić information content (AvgIpc) is 2.38. The number of aliphatic hydroxyl groups excluding tert-OH is 1. The second kappa shape index (κ2) is 2.98. The largest absolute Gasteiger partial charge is 0.393 e. The van der Waals surface area contributed by atoms with E-state index in [0.717, 1.165) is 18.3 Å². The maximum absolute atomic E-state index is 10.0. The molecule has 3 saturated carbocycles. The Bertz CT molecular complexity index is 233. The van der Waals surface area contributed by atoms with Crippen LogP contribution in [0.2, 0.25) is 0 Å². The van der Waals surface area contributed by atoms with Crippen LogP contribution >= 0.6 is 0 Å². The molecular weight excluding hydrogens is 172 g/mol. The predicted molar refractivity (Wildman–Crippen MR) is 56.9 cm³/mol. The zero-order chi connectivity index (χ0) is 9.76. The minimum atomic E-state index is 0.0466. The Hall–Kier alpha value is -0.0400. The van der Waals surface area contributed by atoms with Crippen molar-refractivity contribution in [1.82, 2.24) is 0 Å². The normalized spacial score (nSPS) is 57.0. The molecule has 80 valence electrons. The molecule has 1 nitrogen and oxygen atoms in total. The van der Waals surface area contributed by atoms with Crippen LogP contribution in [0.3, 0.4) is 0 Å². The second-order valence-electron chi connectivity index (χ2n) is 6.15. The van der Waals surface area contributed by atoms with Crippen molar-refractivity contribution in [1.29, 1.82) is 0 Å². The first kappa shape index (κ1) is 9.21. The van der Waals surface area contributed by atoms with Crippen molar-refractivity contribution in [3.63, 3.8) is 0 Å². The number of hydrogen-bond donors (Lipinski definition) is 1. The number of hydrogen-bond acceptors (Lipinski definition) is 1. The first-order valence-electron chi connectivity index (χ1n) is 6.39. The molecule has 1 spiro atoms. The molecule has 0 radical (unpaired) electrons. The molecule has 0 aliphatic heterocycles. The predicted octanol–water partition coefficient (Wildman–Crippen LogP) is 2.97. The quantitative estimate of drug-likeness (QED) is 0.628. The summed E-state index contributed by atoms with van der Waals surface area (Å²) >= 11 is 0. The van der Waals surface area contributed by atoms with E-state index >= 15 is 0 Å². The van der Waals surface area contributed by atoms with Crippen LogP contribution in [0.5, 0.6) is 0 Å². The molecule has 0 aromatic heterocycles. The fourth-order valence-corrected chi connectivity index (χ4v) is 4.88. The lowest BCUT2D eigenvalue weighted by molar-refractivity contribution is 0.0206. The molecule has 0 amide bonds. The Labute approximate surface area is 86.9 Å². The molecule has 14 heavy (non-hydrogen) atoms. The molecule has 5 unspecified atom stereocenters. The van der Waals surface area contributed by atoms with E-state index in [2.05, 4.69) is 6.92 Å². The summed E-state index contributed by atoms with van der Waals surface area (Å²) in [6.45, 7) is 2.44. The van der Waals surface area contributed by atoms with Gasteiger partial charge in [-0.05, 0) is 55.3 Å². The summed E-state index contributed by atoms with van der Waals surface area (Å²) < 4.78 is 0. The molecule has 2 bridgehead atoms. The summed E-state index contributed by atoms with van der Waals surface area (Å²) in [4.78, 5) is 0. The Morgan fingerprint density at radius 1 is 1.14 bits per heavy atom. The summed E-state index contributed by atoms with van der Waals surface area (Å²) in [5.74, 6) is 2.54. The highest BCUT2D eigenvalue weighted by Crippen LogP contribution is 2.61. The van der Waals surface area contributed by atoms with E-state index in [-0.39, 0.29) is 6.10 Å². The first-order valence-corrected chi connectivity index (χ1v) is 6.39. The lowest BCUT2D eigenvalue weighted by Crippen LogP contribution is -2.38. The van der Waals surface area contributed by atoms with Gasteiger partial charge >= 0.3 is 0 Å². The molecule has 5 atom stereocenters. The van der Waals surface area contributed by atoms with E-state index in [9.17, 15) is 5.11 Å². The van der Waals surface area contributed by atoms with Crippen LogP contribution < -0.4 is 0 Å². The van der Waals surface area contributed by atoms with E-state index in [4.69, 9.17) is 0 Å². The molecule has 3 aliphatic rings. The van der Waals surface area contributed by atoms with Gasteiger partial charge in [-0.25, -0.2) is 0 Å². The number of rotatable bonds is 0. The van der Waals surface area contributed by atoms with Gasteiger partial charge in [0.15, 0.2) is 0 Å². The molecule has 1 heteroatoms. The Morgan fingerprint density at radius 2 is 2.00 bits per heavy atom. The molecule has 3 aliphatic carbocycles. The van der Waals surface area contributed by atoms with Gasteiger partial charge < -0.3 is 5.11 Å². The molecule has 0 aromatic rings. The van der Waals surface area contributed by atoms with Gasteiger partial charge in [0.1, 0.15) is 0 Å². The minimum Gasteiger partial charge on any atom is -0.393 e. The summed E-state index contributed by atoms with van der Waals surface area (Å²) in [6.07, 6.45) is 9.50. The van der Waals surface area contributed by atoms with Crippen molar-refractivity contribution in [3.8, 4) is 0 Å². The van der Waals surface area contributed by atoms with E-state index in [1.54, 1.807) is 0 Å². The summed E-state index contributed by atoms with van der Waals surface area (Å²) in [5.41, 5.74) is 0.583. The molecular formula is C13H22O. The number of aliphatic hydroxyl groups is 1. The smallest absolute Gasteiger partial charge is 0.0574 e. The molecule has 0 aromatic carbocycles. The van der Waals surface area contributed by atoms with Crippen molar-refractivity contribution in [2.24, 2.45) is 23.2 Å². The molecule has 3 rings (SSSR count). The maximum Gasteiger partial charge on any atom is 0.0574 e. The van der Waals surface area contributed by atoms with E-state index in [1.165, 1.54) is 38.5 Å². The molecule has 0 saturated heterocycles. The Kier molecular flexibility index (Phi) is 1.96. The average molecular weight is 194 g/mol. The van der Waals surface area contributed by atoms with Crippen molar-refractivity contribution in [3.05, 3.63) is 0 Å². The van der Waals surface area contributed by atoms with Crippen molar-refractivity contribution >= 4 is 0 Å². The minimum absolute atomic E-state index is 0.0466. The monoisotopic (exact) mass is 194 g/mol. The fraction of sp³-hybridized carbons (Fsp3) is 1.00. The standard InChI is InChI=1S/C13H22O/c1-9-3-2-6-13-7-10(12(14)8-13)4-5-11(9)13/h9-12,14H,2-8H2,1H3. The van der Waals surface area contributed by atoms with Crippen LogP contribution in [0.4, 0.5) is 0 Å². The van der Waals surface area contributed by atoms with Crippen LogP contribution in [0.15, 0.2) is 0 Å². The van der Waals surface area contributed by atoms with Gasteiger partial charge in [0.2, 0.25) is 0 Å². The Balaban J connectivity index is 1.90. The third kappa shape index (κ3) is 1.11. The highest BCUT2D eigenvalue weighted by atomic mass is 16.3. The van der Waals surface area contributed by atoms with Crippen LogP contribution in [-0.4, -0.2) is 11.2 Å². The zero-order valence-corrected chi connectivity index (χ0v) is 9.21. The fourth-order valence-electron chi connectivity index (χ4n) is 4.88. The summed E-state index contributed by atoms with van der Waals surface area (Å²) in [6, 6.07) is 0. The molecule has 1 N–H and O–H groups in total. The van der Waals surface area contributed by atoms with Gasteiger partial charge in [0.25, 0.3) is 0 Å². The second-order valence-corrected chi connectivity index (χ2v) is 6.15. The van der Waals surface area contributed by atoms with Crippen molar-refractivity contribution < 1.29 is 5.11 Å². The third-order valence-corrected chi connectivity index (χ3v) is 5.48. The van der Waals surface area contributed by atoms with Gasteiger partial charge in [-0.3, -0.25) is 0 Å². The van der Waals surface area contributed by atoms with Crippen LogP contribution in [0.25, 0.3) is 0 Å². The van der Waals surface area contributed by atoms with Crippen LogP contribution in [-0.2, 0) is 0 Å². The van der Waals surface area contributed by atoms with Gasteiger partial charge in [-0.1, -0.05) is 19.8 Å². The third-order valence-electron chi connectivity index (χ3n) is 5.48. The Morgan fingerprint density at radius 3 is 2.86 bits per heavy atom. The maximum atomic E-state index is 10.0. The highest BCUT2D eigenvalue weighted by Gasteiger charge is 2.54. The van der Waals surface area contributed by atoms with E-state index in [1.807, 2.05) is 0 Å². The van der Waals surface area contributed by atoms with Gasteiger partial charge in [-0.2, -0.15) is 0 Å².